The Morgan fingerprint density at radius 3 is 2.25 bits per heavy atom. The summed E-state index contributed by atoms with van der Waals surface area (Å²) in [7, 11) is -3.44. The van der Waals surface area contributed by atoms with Gasteiger partial charge in [0, 0.05) is 5.56 Å². The van der Waals surface area contributed by atoms with Crippen LogP contribution in [0.4, 0.5) is 0 Å². The Hall–Kier alpha value is -2.33. The zero-order valence-electron chi connectivity index (χ0n) is 15.2. The molecular weight excluding hydrogens is 396 g/mol. The third kappa shape index (κ3) is 3.93. The van der Waals surface area contributed by atoms with Crippen molar-refractivity contribution >= 4 is 22.2 Å². The molecular formula is C19H21N4O3S2+. The minimum absolute atomic E-state index is 0.325. The van der Waals surface area contributed by atoms with Crippen molar-refractivity contribution < 1.29 is 17.7 Å². The molecule has 0 atom stereocenters. The highest BCUT2D eigenvalue weighted by Crippen LogP contribution is 2.17. The molecule has 0 radical (unpaired) electrons. The van der Waals surface area contributed by atoms with Crippen LogP contribution in [0.1, 0.15) is 0 Å². The summed E-state index contributed by atoms with van der Waals surface area (Å²) in [5, 5.41) is 4.48. The van der Waals surface area contributed by atoms with Crippen LogP contribution >= 0.6 is 12.2 Å². The monoisotopic (exact) mass is 417 g/mol. The molecule has 1 aliphatic heterocycles. The molecule has 28 heavy (non-hydrogen) atoms. The molecule has 0 saturated carbocycles. The van der Waals surface area contributed by atoms with Crippen LogP contribution in [0.5, 0.6) is 0 Å². The Kier molecular flexibility index (Phi) is 5.40. The summed E-state index contributed by atoms with van der Waals surface area (Å²) >= 11 is 5.30. The van der Waals surface area contributed by atoms with Gasteiger partial charge in [-0.3, -0.25) is 0 Å². The molecule has 0 amide bonds. The first-order valence-corrected chi connectivity index (χ1v) is 10.9. The van der Waals surface area contributed by atoms with Crippen LogP contribution < -0.4 is 4.90 Å². The molecule has 7 nitrogen and oxygen atoms in total. The number of aromatic nitrogens is 2. The van der Waals surface area contributed by atoms with Gasteiger partial charge in [0.05, 0.1) is 31.1 Å². The molecule has 2 aromatic carbocycles. The number of nitrogens with one attached hydrogen (secondary N) is 1. The third-order valence-corrected chi connectivity index (χ3v) is 7.02. The van der Waals surface area contributed by atoms with Crippen LogP contribution in [0, 0.1) is 4.84 Å². The lowest BCUT2D eigenvalue weighted by molar-refractivity contribution is -0.927. The molecule has 0 spiro atoms. The molecule has 0 unspecified atom stereocenters. The van der Waals surface area contributed by atoms with Crippen molar-refractivity contribution in [3.05, 3.63) is 65.5 Å². The summed E-state index contributed by atoms with van der Waals surface area (Å²) in [4.78, 5) is 1.87. The molecule has 0 bridgehead atoms. The van der Waals surface area contributed by atoms with E-state index < -0.39 is 10.0 Å². The highest BCUT2D eigenvalue weighted by Gasteiger charge is 2.30. The highest BCUT2D eigenvalue weighted by molar-refractivity contribution is 7.89. The van der Waals surface area contributed by atoms with E-state index in [4.69, 9.17) is 16.6 Å². The zero-order valence-corrected chi connectivity index (χ0v) is 16.8. The van der Waals surface area contributed by atoms with Crippen LogP contribution in [0.3, 0.4) is 0 Å². The zero-order chi connectivity index (χ0) is 19.6. The second-order valence-electron chi connectivity index (χ2n) is 6.66. The van der Waals surface area contributed by atoms with Gasteiger partial charge in [0.1, 0.15) is 0 Å². The van der Waals surface area contributed by atoms with Crippen LogP contribution in [0.2, 0.25) is 0 Å². The predicted octanol–water partition coefficient (Wildman–Crippen LogP) is 1.42. The number of piperazine rings is 1. The topological polar surface area (TPSA) is 72.8 Å². The van der Waals surface area contributed by atoms with E-state index in [0.717, 1.165) is 5.56 Å². The Morgan fingerprint density at radius 2 is 1.61 bits per heavy atom. The van der Waals surface area contributed by atoms with E-state index in [1.807, 2.05) is 36.4 Å². The van der Waals surface area contributed by atoms with Crippen molar-refractivity contribution in [1.29, 1.82) is 0 Å². The van der Waals surface area contributed by atoms with Crippen LogP contribution in [-0.4, -0.2) is 48.7 Å². The van der Waals surface area contributed by atoms with E-state index in [9.17, 15) is 8.42 Å². The molecule has 1 saturated heterocycles. The maximum absolute atomic E-state index is 12.7. The van der Waals surface area contributed by atoms with Gasteiger partial charge in [-0.1, -0.05) is 36.4 Å². The number of benzene rings is 2. The first-order chi connectivity index (χ1) is 13.5. The van der Waals surface area contributed by atoms with E-state index in [1.54, 1.807) is 33.3 Å². The average molecular weight is 418 g/mol. The number of quaternary nitrogens is 1. The van der Waals surface area contributed by atoms with E-state index in [2.05, 4.69) is 5.10 Å². The number of nitrogens with zero attached hydrogens (tertiary/aromatic N) is 3. The lowest BCUT2D eigenvalue weighted by atomic mass is 10.2. The van der Waals surface area contributed by atoms with Gasteiger partial charge in [-0.15, -0.1) is 5.10 Å². The van der Waals surface area contributed by atoms with Gasteiger partial charge >= 0.3 is 0 Å². The van der Waals surface area contributed by atoms with Crippen LogP contribution in [-0.2, 0) is 16.7 Å². The van der Waals surface area contributed by atoms with E-state index in [0.29, 0.717) is 48.5 Å². The molecule has 9 heteroatoms. The first-order valence-electron chi connectivity index (χ1n) is 9.06. The molecule has 1 aliphatic rings. The van der Waals surface area contributed by atoms with Crippen LogP contribution in [0.25, 0.3) is 11.5 Å². The molecule has 1 fully saturated rings. The second-order valence-corrected chi connectivity index (χ2v) is 8.95. The predicted molar refractivity (Wildman–Crippen MR) is 107 cm³/mol. The lowest BCUT2D eigenvalue weighted by Gasteiger charge is -2.31. The maximum atomic E-state index is 12.7. The van der Waals surface area contributed by atoms with Gasteiger partial charge in [-0.25, -0.2) is 8.42 Å². The maximum Gasteiger partial charge on any atom is 0.292 e. The van der Waals surface area contributed by atoms with Crippen molar-refractivity contribution in [1.82, 2.24) is 14.1 Å². The van der Waals surface area contributed by atoms with Crippen molar-refractivity contribution in [2.24, 2.45) is 0 Å². The van der Waals surface area contributed by atoms with Gasteiger partial charge in [-0.2, -0.15) is 8.99 Å². The fourth-order valence-electron chi connectivity index (χ4n) is 3.26. The molecule has 146 valence electrons. The standard InChI is InChI=1S/C19H20N4O3S2/c24-28(25,17-9-5-2-6-10-17)22-13-11-21(12-14-22)15-23-19(27)26-18(20-23)16-7-3-1-4-8-16/h1-10H,11-15H2/p+1. The SMILES string of the molecule is O=S(=O)(c1ccccc1)N1CC[NH+](Cn2nc(-c3ccccc3)oc2=S)CC1. The van der Waals surface area contributed by atoms with Gasteiger partial charge in [0.25, 0.3) is 4.84 Å². The lowest BCUT2D eigenvalue weighted by Crippen LogP contribution is -3.14. The minimum atomic E-state index is -3.44. The number of hydrogen-bond acceptors (Lipinski definition) is 5. The number of sulfonamides is 1. The molecule has 3 aromatic rings. The minimum Gasteiger partial charge on any atom is -0.409 e. The summed E-state index contributed by atoms with van der Waals surface area (Å²) in [6, 6.07) is 18.2. The molecule has 1 aromatic heterocycles. The second kappa shape index (κ2) is 7.96. The Morgan fingerprint density at radius 1 is 1.00 bits per heavy atom. The smallest absolute Gasteiger partial charge is 0.292 e. The molecule has 2 heterocycles. The summed E-state index contributed by atoms with van der Waals surface area (Å²) in [5.41, 5.74) is 0.876. The van der Waals surface area contributed by atoms with E-state index in [-0.39, 0.29) is 0 Å². The van der Waals surface area contributed by atoms with Crippen molar-refractivity contribution in [3.63, 3.8) is 0 Å². The molecule has 4 rings (SSSR count). The van der Waals surface area contributed by atoms with Gasteiger partial charge < -0.3 is 9.32 Å². The van der Waals surface area contributed by atoms with Crippen molar-refractivity contribution in [2.45, 2.75) is 11.6 Å². The van der Waals surface area contributed by atoms with Crippen molar-refractivity contribution in [2.75, 3.05) is 26.2 Å². The first kappa shape index (κ1) is 19.0. The molecule has 1 N–H and O–H groups in total. The quantitative estimate of drug-likeness (QED) is 0.636. The average Bonchev–Trinajstić information content (AvgIpc) is 3.10. The number of rotatable bonds is 5. The summed E-state index contributed by atoms with van der Waals surface area (Å²) in [6.45, 7) is 2.84. The van der Waals surface area contributed by atoms with E-state index >= 15 is 0 Å². The summed E-state index contributed by atoms with van der Waals surface area (Å²) < 4.78 is 34.3. The Bertz CT molecular complexity index is 1090. The molecule has 0 aliphatic carbocycles. The Balaban J connectivity index is 1.42. The van der Waals surface area contributed by atoms with Gasteiger partial charge in [0.2, 0.25) is 15.9 Å². The van der Waals surface area contributed by atoms with Crippen LogP contribution in [0.15, 0.2) is 70.0 Å². The normalized spacial score (nSPS) is 16.3. The summed E-state index contributed by atoms with van der Waals surface area (Å²) in [6.07, 6.45) is 0. The van der Waals surface area contributed by atoms with Gasteiger partial charge in [-0.05, 0) is 36.5 Å². The van der Waals surface area contributed by atoms with E-state index in [1.165, 1.54) is 4.90 Å². The fourth-order valence-corrected chi connectivity index (χ4v) is 4.90. The van der Waals surface area contributed by atoms with Crippen molar-refractivity contribution in [3.8, 4) is 11.5 Å². The Labute approximate surface area is 168 Å². The van der Waals surface area contributed by atoms with Gasteiger partial charge in [0.15, 0.2) is 6.67 Å². The third-order valence-electron chi connectivity index (χ3n) is 4.81. The number of hydrogen-bond donors (Lipinski definition) is 1. The largest absolute Gasteiger partial charge is 0.409 e. The highest BCUT2D eigenvalue weighted by atomic mass is 32.2. The summed E-state index contributed by atoms with van der Waals surface area (Å²) in [5.74, 6) is 0.496. The fraction of sp³-hybridized carbons (Fsp3) is 0.263.